The number of nitrogens with one attached hydrogen (secondary N) is 1. The Hall–Kier alpha value is -1.76. The van der Waals surface area contributed by atoms with Crippen LogP contribution in [-0.4, -0.2) is 0 Å². The summed E-state index contributed by atoms with van der Waals surface area (Å²) in [5.41, 5.74) is 5.66. The zero-order chi connectivity index (χ0) is 15.6. The number of anilines is 1. The van der Waals surface area contributed by atoms with Crippen LogP contribution in [0.2, 0.25) is 0 Å². The second kappa shape index (κ2) is 6.16. The molecule has 0 aliphatic heterocycles. The molecule has 1 heteroatoms. The van der Waals surface area contributed by atoms with Crippen molar-refractivity contribution in [2.24, 2.45) is 0 Å². The van der Waals surface area contributed by atoms with Gasteiger partial charge in [0.25, 0.3) is 0 Å². The number of benzene rings is 2. The zero-order valence-electron chi connectivity index (χ0n) is 14.0. The Morgan fingerprint density at radius 2 is 1.55 bits per heavy atom. The van der Waals surface area contributed by atoms with Crippen LogP contribution in [0.25, 0.3) is 0 Å². The van der Waals surface area contributed by atoms with Gasteiger partial charge < -0.3 is 5.32 Å². The molecule has 1 nitrogen and oxygen atoms in total. The number of hydrogen-bond donors (Lipinski definition) is 1. The molecule has 0 amide bonds. The molecule has 0 radical (unpaired) electrons. The van der Waals surface area contributed by atoms with E-state index >= 15 is 0 Å². The van der Waals surface area contributed by atoms with E-state index in [0.717, 1.165) is 12.5 Å². The minimum Gasteiger partial charge on any atom is -0.381 e. The summed E-state index contributed by atoms with van der Waals surface area (Å²) in [5.74, 6) is 0.819. The van der Waals surface area contributed by atoms with Crippen LogP contribution in [0.15, 0.2) is 48.5 Å². The summed E-state index contributed by atoms with van der Waals surface area (Å²) in [6.45, 7) is 7.64. The molecular formula is C21H27N. The van der Waals surface area contributed by atoms with E-state index in [1.165, 1.54) is 41.6 Å². The van der Waals surface area contributed by atoms with Crippen molar-refractivity contribution in [1.82, 2.24) is 0 Å². The second-order valence-corrected chi connectivity index (χ2v) is 7.55. The van der Waals surface area contributed by atoms with Gasteiger partial charge in [-0.2, -0.15) is 0 Å². The van der Waals surface area contributed by atoms with E-state index in [4.69, 9.17) is 0 Å². The molecule has 0 saturated heterocycles. The molecule has 1 saturated carbocycles. The fraction of sp³-hybridized carbons (Fsp3) is 0.429. The van der Waals surface area contributed by atoms with E-state index in [9.17, 15) is 0 Å². The quantitative estimate of drug-likeness (QED) is 0.744. The summed E-state index contributed by atoms with van der Waals surface area (Å²) in [6, 6.07) is 18.0. The number of rotatable bonds is 4. The lowest BCUT2D eigenvalue weighted by Crippen LogP contribution is -2.11. The minimum atomic E-state index is 0.226. The van der Waals surface area contributed by atoms with Crippen molar-refractivity contribution in [2.45, 2.75) is 57.9 Å². The average molecular weight is 293 g/mol. The van der Waals surface area contributed by atoms with Crippen LogP contribution in [0.1, 0.15) is 62.6 Å². The molecular weight excluding hydrogens is 266 g/mol. The highest BCUT2D eigenvalue weighted by Gasteiger charge is 2.18. The van der Waals surface area contributed by atoms with Gasteiger partial charge in [0.1, 0.15) is 0 Å². The molecule has 0 aromatic heterocycles. The Labute approximate surface area is 134 Å². The predicted molar refractivity (Wildman–Crippen MR) is 95.5 cm³/mol. The average Bonchev–Trinajstić information content (AvgIpc) is 2.44. The van der Waals surface area contributed by atoms with Gasteiger partial charge in [-0.25, -0.2) is 0 Å². The maximum absolute atomic E-state index is 3.52. The van der Waals surface area contributed by atoms with Crippen LogP contribution < -0.4 is 5.32 Å². The number of hydrogen-bond acceptors (Lipinski definition) is 1. The van der Waals surface area contributed by atoms with E-state index in [2.05, 4.69) is 74.6 Å². The summed E-state index contributed by atoms with van der Waals surface area (Å²) < 4.78 is 0. The van der Waals surface area contributed by atoms with Gasteiger partial charge in [0, 0.05) is 12.2 Å². The first-order chi connectivity index (χ1) is 10.5. The van der Waals surface area contributed by atoms with Crippen molar-refractivity contribution in [3.63, 3.8) is 0 Å². The molecule has 22 heavy (non-hydrogen) atoms. The summed E-state index contributed by atoms with van der Waals surface area (Å²) in [6.07, 6.45) is 4.13. The van der Waals surface area contributed by atoms with Crippen molar-refractivity contribution in [1.29, 1.82) is 0 Å². The third-order valence-electron chi connectivity index (χ3n) is 4.80. The SMILES string of the molecule is CC(C)(C)c1ccc(CNc2ccc(C3CCC3)cc2)cc1. The molecule has 0 heterocycles. The maximum Gasteiger partial charge on any atom is 0.0400 e. The Bertz CT molecular complexity index is 598. The normalized spacial score (nSPS) is 15.4. The van der Waals surface area contributed by atoms with Crippen LogP contribution in [0.5, 0.6) is 0 Å². The maximum atomic E-state index is 3.52. The Balaban J connectivity index is 1.57. The van der Waals surface area contributed by atoms with Gasteiger partial charge in [-0.05, 0) is 53.0 Å². The van der Waals surface area contributed by atoms with Crippen LogP contribution in [0.3, 0.4) is 0 Å². The van der Waals surface area contributed by atoms with Gasteiger partial charge in [-0.1, -0.05) is 63.6 Å². The fourth-order valence-corrected chi connectivity index (χ4v) is 2.94. The van der Waals surface area contributed by atoms with Crippen molar-refractivity contribution in [2.75, 3.05) is 5.32 Å². The van der Waals surface area contributed by atoms with Crippen molar-refractivity contribution < 1.29 is 0 Å². The predicted octanol–water partition coefficient (Wildman–Crippen LogP) is 5.86. The standard InChI is InChI=1S/C21H27N/c1-21(2,3)19-11-7-16(8-12-19)15-22-20-13-9-18(10-14-20)17-5-4-6-17/h7-14,17,22H,4-6,15H2,1-3H3. The lowest BCUT2D eigenvalue weighted by Gasteiger charge is -2.25. The molecule has 3 rings (SSSR count). The van der Waals surface area contributed by atoms with E-state index in [0.29, 0.717) is 0 Å². The van der Waals surface area contributed by atoms with Gasteiger partial charge in [-0.3, -0.25) is 0 Å². The monoisotopic (exact) mass is 293 g/mol. The van der Waals surface area contributed by atoms with E-state index in [1.807, 2.05) is 0 Å². The third-order valence-corrected chi connectivity index (χ3v) is 4.80. The molecule has 1 aliphatic rings. The first-order valence-electron chi connectivity index (χ1n) is 8.46. The molecule has 2 aromatic carbocycles. The van der Waals surface area contributed by atoms with Crippen LogP contribution in [0, 0.1) is 0 Å². The molecule has 0 bridgehead atoms. The molecule has 0 atom stereocenters. The Morgan fingerprint density at radius 3 is 2.05 bits per heavy atom. The smallest absolute Gasteiger partial charge is 0.0400 e. The Kier molecular flexibility index (Phi) is 4.24. The van der Waals surface area contributed by atoms with Gasteiger partial charge in [0.2, 0.25) is 0 Å². The van der Waals surface area contributed by atoms with Crippen molar-refractivity contribution >= 4 is 5.69 Å². The molecule has 1 aliphatic carbocycles. The van der Waals surface area contributed by atoms with E-state index in [1.54, 1.807) is 0 Å². The van der Waals surface area contributed by atoms with Gasteiger partial charge in [0.05, 0.1) is 0 Å². The topological polar surface area (TPSA) is 12.0 Å². The lowest BCUT2D eigenvalue weighted by molar-refractivity contribution is 0.420. The van der Waals surface area contributed by atoms with Gasteiger partial charge >= 0.3 is 0 Å². The first kappa shape index (κ1) is 15.1. The van der Waals surface area contributed by atoms with Gasteiger partial charge in [0.15, 0.2) is 0 Å². The zero-order valence-corrected chi connectivity index (χ0v) is 14.0. The molecule has 1 N–H and O–H groups in total. The highest BCUT2D eigenvalue weighted by molar-refractivity contribution is 5.46. The molecule has 0 unspecified atom stereocenters. The third kappa shape index (κ3) is 3.52. The summed E-state index contributed by atoms with van der Waals surface area (Å²) >= 11 is 0. The first-order valence-corrected chi connectivity index (χ1v) is 8.46. The van der Waals surface area contributed by atoms with Crippen LogP contribution in [0.4, 0.5) is 5.69 Å². The molecule has 116 valence electrons. The highest BCUT2D eigenvalue weighted by atomic mass is 14.9. The van der Waals surface area contributed by atoms with Gasteiger partial charge in [-0.15, -0.1) is 0 Å². The Morgan fingerprint density at radius 1 is 0.909 bits per heavy atom. The second-order valence-electron chi connectivity index (χ2n) is 7.55. The lowest BCUT2D eigenvalue weighted by atomic mass is 9.80. The highest BCUT2D eigenvalue weighted by Crippen LogP contribution is 2.36. The summed E-state index contributed by atoms with van der Waals surface area (Å²) in [7, 11) is 0. The summed E-state index contributed by atoms with van der Waals surface area (Å²) in [4.78, 5) is 0. The minimum absolute atomic E-state index is 0.226. The molecule has 0 spiro atoms. The van der Waals surface area contributed by atoms with Crippen LogP contribution in [-0.2, 0) is 12.0 Å². The van der Waals surface area contributed by atoms with Crippen molar-refractivity contribution in [3.05, 3.63) is 65.2 Å². The molecule has 2 aromatic rings. The van der Waals surface area contributed by atoms with E-state index < -0.39 is 0 Å². The van der Waals surface area contributed by atoms with Crippen molar-refractivity contribution in [3.8, 4) is 0 Å². The molecule has 1 fully saturated rings. The fourth-order valence-electron chi connectivity index (χ4n) is 2.94. The van der Waals surface area contributed by atoms with E-state index in [-0.39, 0.29) is 5.41 Å². The van der Waals surface area contributed by atoms with Crippen LogP contribution >= 0.6 is 0 Å². The summed E-state index contributed by atoms with van der Waals surface area (Å²) in [5, 5.41) is 3.52. The largest absolute Gasteiger partial charge is 0.381 e.